The Bertz CT molecular complexity index is 2590. The van der Waals surface area contributed by atoms with Gasteiger partial charge in [0.2, 0.25) is 48.7 Å². The molecule has 0 atom stereocenters. The molecule has 0 aromatic heterocycles. The lowest BCUT2D eigenvalue weighted by molar-refractivity contribution is 0.332. The molecule has 6 aromatic carbocycles. The molecule has 0 saturated heterocycles. The van der Waals surface area contributed by atoms with Gasteiger partial charge in [0.05, 0.1) is 37.8 Å². The van der Waals surface area contributed by atoms with E-state index in [-0.39, 0.29) is 19.6 Å². The van der Waals surface area contributed by atoms with Crippen molar-refractivity contribution in [3.05, 3.63) is 149 Å². The van der Waals surface area contributed by atoms with Crippen molar-refractivity contribution < 1.29 is 61.4 Å². The summed E-state index contributed by atoms with van der Waals surface area (Å²) < 4.78 is 179. The van der Waals surface area contributed by atoms with Crippen LogP contribution < -0.4 is 9.47 Å². The fourth-order valence-corrected chi connectivity index (χ4v) is 7.90. The molecule has 6 rings (SSSR count). The largest absolute Gasteiger partial charge is 0.491 e. The van der Waals surface area contributed by atoms with Crippen molar-refractivity contribution >= 4 is 19.7 Å². The van der Waals surface area contributed by atoms with Gasteiger partial charge in [0.1, 0.15) is 5.75 Å². The molecule has 0 aliphatic rings. The minimum atomic E-state index is -4.22. The Morgan fingerprint density at radius 3 is 1.04 bits per heavy atom. The molecule has 0 unspecified atom stereocenters. The van der Waals surface area contributed by atoms with Crippen LogP contribution in [0, 0.1) is 53.5 Å². The van der Waals surface area contributed by atoms with E-state index in [0.717, 1.165) is 29.8 Å². The molecular formula is C38H22F8O6S2. The summed E-state index contributed by atoms with van der Waals surface area (Å²) in [5, 5.41) is 0. The van der Waals surface area contributed by atoms with Crippen molar-refractivity contribution in [1.82, 2.24) is 0 Å². The standard InChI is InChI=1S/C38H22F8O6S2/c1-19-3-11-23(12-4-19)53(47,48)24-13-5-20(6-14-24)21-7-15-25(16-8-21)54(49,50)26-17-9-22(10-18-26)52-38-35(45)31(41)28(32(42)36(38)46)27-29(39)33(43)37(51-2)34(44)30(27)40/h3-18H,1-2H3. The summed E-state index contributed by atoms with van der Waals surface area (Å²) in [5.41, 5.74) is -2.16. The zero-order valence-electron chi connectivity index (χ0n) is 27.5. The normalized spacial score (nSPS) is 11.8. The van der Waals surface area contributed by atoms with Crippen LogP contribution >= 0.6 is 0 Å². The van der Waals surface area contributed by atoms with Gasteiger partial charge in [-0.3, -0.25) is 0 Å². The summed E-state index contributed by atoms with van der Waals surface area (Å²) in [6, 6.07) is 21.6. The fraction of sp³-hybridized carbons (Fsp3) is 0.0526. The van der Waals surface area contributed by atoms with Gasteiger partial charge < -0.3 is 9.47 Å². The van der Waals surface area contributed by atoms with Crippen LogP contribution in [0.4, 0.5) is 35.1 Å². The fourth-order valence-electron chi connectivity index (χ4n) is 5.38. The number of aryl methyl sites for hydroxylation is 1. The lowest BCUT2D eigenvalue weighted by Gasteiger charge is -2.15. The first kappa shape index (κ1) is 38.0. The number of benzene rings is 6. The van der Waals surface area contributed by atoms with Crippen molar-refractivity contribution in [2.75, 3.05) is 7.11 Å². The zero-order chi connectivity index (χ0) is 39.3. The number of methoxy groups -OCH3 is 1. The van der Waals surface area contributed by atoms with Crippen LogP contribution in [-0.2, 0) is 19.7 Å². The molecule has 0 N–H and O–H groups in total. The average molecular weight is 791 g/mol. The Morgan fingerprint density at radius 2 is 0.704 bits per heavy atom. The van der Waals surface area contributed by atoms with Gasteiger partial charge in [-0.25, -0.2) is 34.4 Å². The molecule has 0 heterocycles. The summed E-state index contributed by atoms with van der Waals surface area (Å²) in [4.78, 5) is -0.324. The topological polar surface area (TPSA) is 86.7 Å². The number of hydrogen-bond donors (Lipinski definition) is 0. The number of sulfone groups is 2. The molecule has 54 heavy (non-hydrogen) atoms. The van der Waals surface area contributed by atoms with Crippen LogP contribution in [0.1, 0.15) is 5.56 Å². The van der Waals surface area contributed by atoms with Gasteiger partial charge in [-0.2, -0.15) is 17.6 Å². The maximum atomic E-state index is 15.0. The zero-order valence-corrected chi connectivity index (χ0v) is 29.2. The molecule has 6 nitrogen and oxygen atoms in total. The number of halogens is 8. The second-order valence-corrected chi connectivity index (χ2v) is 15.5. The van der Waals surface area contributed by atoms with E-state index in [1.807, 2.05) is 6.92 Å². The van der Waals surface area contributed by atoms with E-state index in [4.69, 9.17) is 4.74 Å². The highest BCUT2D eigenvalue weighted by atomic mass is 32.2. The van der Waals surface area contributed by atoms with Gasteiger partial charge in [-0.15, -0.1) is 0 Å². The second-order valence-electron chi connectivity index (χ2n) is 11.6. The Morgan fingerprint density at radius 1 is 0.407 bits per heavy atom. The van der Waals surface area contributed by atoms with Gasteiger partial charge in [0.25, 0.3) is 0 Å². The highest BCUT2D eigenvalue weighted by Crippen LogP contribution is 2.42. The van der Waals surface area contributed by atoms with E-state index in [9.17, 15) is 43.2 Å². The summed E-state index contributed by atoms with van der Waals surface area (Å²) in [6.45, 7) is 1.83. The van der Waals surface area contributed by atoms with Gasteiger partial charge in [0, 0.05) is 0 Å². The van der Waals surface area contributed by atoms with E-state index in [1.54, 1.807) is 24.3 Å². The van der Waals surface area contributed by atoms with Crippen LogP contribution in [0.15, 0.2) is 117 Å². The van der Waals surface area contributed by atoms with E-state index in [0.29, 0.717) is 18.2 Å². The lowest BCUT2D eigenvalue weighted by Crippen LogP contribution is -2.09. The van der Waals surface area contributed by atoms with Crippen LogP contribution in [0.2, 0.25) is 0 Å². The molecule has 0 saturated carbocycles. The summed E-state index contributed by atoms with van der Waals surface area (Å²) in [6.07, 6.45) is 0. The Kier molecular flexibility index (Phi) is 10.0. The lowest BCUT2D eigenvalue weighted by atomic mass is 10.0. The number of rotatable bonds is 9. The first-order valence-corrected chi connectivity index (χ1v) is 18.3. The van der Waals surface area contributed by atoms with E-state index >= 15 is 8.78 Å². The van der Waals surface area contributed by atoms with Gasteiger partial charge in [-0.1, -0.05) is 42.0 Å². The van der Waals surface area contributed by atoms with Crippen LogP contribution in [0.3, 0.4) is 0 Å². The van der Waals surface area contributed by atoms with Crippen molar-refractivity contribution in [3.8, 4) is 39.5 Å². The van der Waals surface area contributed by atoms with Gasteiger partial charge in [0.15, 0.2) is 29.0 Å². The summed E-state index contributed by atoms with van der Waals surface area (Å²) in [5.74, 6) is -22.7. The summed E-state index contributed by atoms with van der Waals surface area (Å²) in [7, 11) is -7.35. The summed E-state index contributed by atoms with van der Waals surface area (Å²) >= 11 is 0. The van der Waals surface area contributed by atoms with Crippen molar-refractivity contribution in [2.45, 2.75) is 26.5 Å². The molecule has 16 heteroatoms. The second kappa shape index (κ2) is 14.2. The molecule has 0 spiro atoms. The van der Waals surface area contributed by atoms with E-state index in [2.05, 4.69) is 4.74 Å². The molecule has 278 valence electrons. The predicted molar refractivity (Wildman–Crippen MR) is 179 cm³/mol. The van der Waals surface area contributed by atoms with E-state index < -0.39 is 94.6 Å². The Labute approximate surface area is 302 Å². The minimum Gasteiger partial charge on any atom is -0.491 e. The quantitative estimate of drug-likeness (QED) is 0.107. The van der Waals surface area contributed by atoms with Gasteiger partial charge >= 0.3 is 0 Å². The minimum absolute atomic E-state index is 0.0622. The molecule has 0 bridgehead atoms. The molecule has 0 aliphatic carbocycles. The first-order chi connectivity index (χ1) is 25.5. The highest BCUT2D eigenvalue weighted by Gasteiger charge is 2.35. The third-order valence-electron chi connectivity index (χ3n) is 8.25. The van der Waals surface area contributed by atoms with Crippen molar-refractivity contribution in [2.24, 2.45) is 0 Å². The number of ether oxygens (including phenoxy) is 2. The van der Waals surface area contributed by atoms with Crippen molar-refractivity contribution in [1.29, 1.82) is 0 Å². The third-order valence-corrected chi connectivity index (χ3v) is 11.8. The smallest absolute Gasteiger partial charge is 0.206 e. The average Bonchev–Trinajstić information content (AvgIpc) is 3.17. The van der Waals surface area contributed by atoms with Gasteiger partial charge in [-0.05, 0) is 78.7 Å². The third kappa shape index (κ3) is 6.55. The molecule has 0 aliphatic heterocycles. The molecule has 0 radical (unpaired) electrons. The predicted octanol–water partition coefficient (Wildman–Crippen LogP) is 9.91. The van der Waals surface area contributed by atoms with Crippen LogP contribution in [-0.4, -0.2) is 23.9 Å². The SMILES string of the molecule is COc1c(F)c(F)c(-c2c(F)c(F)c(Oc3ccc(S(=O)(=O)c4ccc(-c5ccc(S(=O)(=O)c6ccc(C)cc6)cc5)cc4)cc3)c(F)c2F)c(F)c1F. The Hall–Kier alpha value is -5.74. The Balaban J connectivity index is 1.22. The van der Waals surface area contributed by atoms with Crippen molar-refractivity contribution in [3.63, 3.8) is 0 Å². The molecule has 0 amide bonds. The maximum Gasteiger partial charge on any atom is 0.206 e. The molecule has 0 fully saturated rings. The molecular weight excluding hydrogens is 769 g/mol. The number of hydrogen-bond acceptors (Lipinski definition) is 6. The molecule has 6 aromatic rings. The monoisotopic (exact) mass is 790 g/mol. The van der Waals surface area contributed by atoms with Crippen LogP contribution in [0.25, 0.3) is 22.3 Å². The van der Waals surface area contributed by atoms with E-state index in [1.165, 1.54) is 48.5 Å². The highest BCUT2D eigenvalue weighted by molar-refractivity contribution is 7.91. The first-order valence-electron chi connectivity index (χ1n) is 15.3. The van der Waals surface area contributed by atoms with Crippen LogP contribution in [0.5, 0.6) is 17.2 Å². The maximum absolute atomic E-state index is 15.0.